The van der Waals surface area contributed by atoms with Gasteiger partial charge in [0.1, 0.15) is 12.4 Å². The average Bonchev–Trinajstić information content (AvgIpc) is 3.07. The van der Waals surface area contributed by atoms with Crippen LogP contribution in [0.1, 0.15) is 23.2 Å². The first kappa shape index (κ1) is 15.4. The maximum atomic E-state index is 13.0. The monoisotopic (exact) mass is 317 g/mol. The third-order valence-electron chi connectivity index (χ3n) is 3.68. The fourth-order valence-electron chi connectivity index (χ4n) is 2.44. The maximum absolute atomic E-state index is 13.0. The van der Waals surface area contributed by atoms with Gasteiger partial charge in [-0.1, -0.05) is 0 Å². The van der Waals surface area contributed by atoms with Crippen molar-refractivity contribution >= 4 is 5.97 Å². The van der Waals surface area contributed by atoms with Gasteiger partial charge in [0.2, 0.25) is 0 Å². The molecule has 0 amide bonds. The zero-order valence-electron chi connectivity index (χ0n) is 12.4. The van der Waals surface area contributed by atoms with Crippen LogP contribution in [0.25, 0.3) is 5.69 Å². The van der Waals surface area contributed by atoms with E-state index in [-0.39, 0.29) is 23.8 Å². The van der Waals surface area contributed by atoms with Crippen LogP contribution in [0.3, 0.4) is 0 Å². The van der Waals surface area contributed by atoms with Crippen LogP contribution in [-0.4, -0.2) is 29.9 Å². The number of ether oxygens (including phenoxy) is 2. The molecule has 23 heavy (non-hydrogen) atoms. The highest BCUT2D eigenvalue weighted by atomic mass is 19.1. The summed E-state index contributed by atoms with van der Waals surface area (Å²) in [7, 11) is 0. The fourth-order valence-corrected chi connectivity index (χ4v) is 2.44. The molecule has 1 aromatic carbocycles. The molecule has 0 aliphatic carbocycles. The zero-order valence-corrected chi connectivity index (χ0v) is 12.4. The molecular formula is C17H16FNO4. The number of carbonyl (C=O) groups excluding carboxylic acids is 1. The first-order chi connectivity index (χ1) is 11.1. The van der Waals surface area contributed by atoms with Crippen molar-refractivity contribution in [2.75, 3.05) is 13.2 Å². The van der Waals surface area contributed by atoms with Crippen LogP contribution in [0, 0.1) is 5.82 Å². The molecule has 1 aliphatic heterocycles. The third kappa shape index (κ3) is 3.65. The summed E-state index contributed by atoms with van der Waals surface area (Å²) in [5, 5.41) is 0. The van der Waals surface area contributed by atoms with Gasteiger partial charge in [-0.3, -0.25) is 9.36 Å². The molecule has 3 rings (SSSR count). The molecule has 120 valence electrons. The number of carbonyl (C=O) groups is 1. The molecule has 1 saturated heterocycles. The minimum Gasteiger partial charge on any atom is -0.459 e. The van der Waals surface area contributed by atoms with Crippen LogP contribution in [-0.2, 0) is 9.47 Å². The number of rotatable bonds is 4. The van der Waals surface area contributed by atoms with Crippen LogP contribution < -0.4 is 5.56 Å². The standard InChI is InChI=1S/C17H16FNO4/c18-13-4-6-14(7-5-13)19-10-12(3-8-16(19)20)17(21)23-11-15-2-1-9-22-15/h3-8,10,15H,1-2,9,11H2. The van der Waals surface area contributed by atoms with Crippen molar-refractivity contribution < 1.29 is 18.7 Å². The molecule has 2 heterocycles. The minimum atomic E-state index is -0.517. The number of nitrogens with zero attached hydrogens (tertiary/aromatic N) is 1. The molecule has 0 radical (unpaired) electrons. The molecule has 1 atom stereocenters. The Morgan fingerprint density at radius 2 is 2.04 bits per heavy atom. The van der Waals surface area contributed by atoms with Crippen molar-refractivity contribution in [1.29, 1.82) is 0 Å². The number of pyridine rings is 1. The normalized spacial score (nSPS) is 17.2. The van der Waals surface area contributed by atoms with Gasteiger partial charge in [0.05, 0.1) is 11.7 Å². The lowest BCUT2D eigenvalue weighted by Crippen LogP contribution is -2.21. The van der Waals surface area contributed by atoms with Crippen LogP contribution >= 0.6 is 0 Å². The molecule has 6 heteroatoms. The number of esters is 1. The topological polar surface area (TPSA) is 57.5 Å². The average molecular weight is 317 g/mol. The SMILES string of the molecule is O=C(OCC1CCCO1)c1ccc(=O)n(-c2ccc(F)cc2)c1. The summed E-state index contributed by atoms with van der Waals surface area (Å²) in [4.78, 5) is 24.0. The number of benzene rings is 1. The van der Waals surface area contributed by atoms with Gasteiger partial charge >= 0.3 is 5.97 Å². The van der Waals surface area contributed by atoms with E-state index < -0.39 is 11.8 Å². The molecule has 0 spiro atoms. The molecule has 2 aromatic rings. The van der Waals surface area contributed by atoms with Gasteiger partial charge in [-0.2, -0.15) is 0 Å². The Balaban J connectivity index is 1.77. The molecule has 0 bridgehead atoms. The lowest BCUT2D eigenvalue weighted by atomic mass is 10.2. The van der Waals surface area contributed by atoms with E-state index in [1.807, 2.05) is 0 Å². The van der Waals surface area contributed by atoms with Gasteiger partial charge < -0.3 is 9.47 Å². The van der Waals surface area contributed by atoms with Crippen LogP contribution in [0.15, 0.2) is 47.4 Å². The van der Waals surface area contributed by atoms with Crippen molar-refractivity contribution in [3.05, 3.63) is 64.3 Å². The van der Waals surface area contributed by atoms with Gasteiger partial charge in [-0.25, -0.2) is 9.18 Å². The Hall–Kier alpha value is -2.47. The Morgan fingerprint density at radius 1 is 1.26 bits per heavy atom. The molecule has 1 fully saturated rings. The first-order valence-electron chi connectivity index (χ1n) is 7.41. The van der Waals surface area contributed by atoms with E-state index in [1.165, 1.54) is 47.2 Å². The molecule has 0 saturated carbocycles. The third-order valence-corrected chi connectivity index (χ3v) is 3.68. The van der Waals surface area contributed by atoms with Crippen molar-refractivity contribution in [3.63, 3.8) is 0 Å². The van der Waals surface area contributed by atoms with Crippen LogP contribution in [0.4, 0.5) is 4.39 Å². The lowest BCUT2D eigenvalue weighted by molar-refractivity contribution is 0.0161. The van der Waals surface area contributed by atoms with Gasteiger partial charge in [0.25, 0.3) is 5.56 Å². The molecule has 1 aliphatic rings. The Kier molecular flexibility index (Phi) is 4.52. The predicted octanol–water partition coefficient (Wildman–Crippen LogP) is 2.31. The zero-order chi connectivity index (χ0) is 16.2. The Bertz CT molecular complexity index is 748. The second-order valence-corrected chi connectivity index (χ2v) is 5.34. The van der Waals surface area contributed by atoms with E-state index in [0.717, 1.165) is 12.8 Å². The molecule has 5 nitrogen and oxygen atoms in total. The molecule has 1 aromatic heterocycles. The summed E-state index contributed by atoms with van der Waals surface area (Å²) in [5.74, 6) is -0.912. The summed E-state index contributed by atoms with van der Waals surface area (Å²) in [6.45, 7) is 0.895. The fraction of sp³-hybridized carbons (Fsp3) is 0.294. The summed E-state index contributed by atoms with van der Waals surface area (Å²) in [5.41, 5.74) is 0.421. The number of hydrogen-bond donors (Lipinski definition) is 0. The highest BCUT2D eigenvalue weighted by Crippen LogP contribution is 2.13. The summed E-state index contributed by atoms with van der Waals surface area (Å²) >= 11 is 0. The van der Waals surface area contributed by atoms with Gasteiger partial charge in [0, 0.05) is 24.6 Å². The molecular weight excluding hydrogens is 301 g/mol. The van der Waals surface area contributed by atoms with E-state index in [9.17, 15) is 14.0 Å². The smallest absolute Gasteiger partial charge is 0.339 e. The van der Waals surface area contributed by atoms with Crippen molar-refractivity contribution in [2.45, 2.75) is 18.9 Å². The van der Waals surface area contributed by atoms with E-state index in [2.05, 4.69) is 0 Å². The van der Waals surface area contributed by atoms with Crippen LogP contribution in [0.5, 0.6) is 0 Å². The van der Waals surface area contributed by atoms with Crippen molar-refractivity contribution in [1.82, 2.24) is 4.57 Å². The quantitative estimate of drug-likeness (QED) is 0.812. The lowest BCUT2D eigenvalue weighted by Gasteiger charge is -2.11. The maximum Gasteiger partial charge on any atom is 0.339 e. The summed E-state index contributed by atoms with van der Waals surface area (Å²) in [6.07, 6.45) is 3.19. The summed E-state index contributed by atoms with van der Waals surface area (Å²) < 4.78 is 24.9. The van der Waals surface area contributed by atoms with E-state index in [0.29, 0.717) is 12.3 Å². The van der Waals surface area contributed by atoms with E-state index >= 15 is 0 Å². The largest absolute Gasteiger partial charge is 0.459 e. The van der Waals surface area contributed by atoms with E-state index in [4.69, 9.17) is 9.47 Å². The number of halogens is 1. The summed E-state index contributed by atoms with van der Waals surface area (Å²) in [6, 6.07) is 8.15. The predicted molar refractivity (Wildman–Crippen MR) is 81.3 cm³/mol. The second kappa shape index (κ2) is 6.75. The second-order valence-electron chi connectivity index (χ2n) is 5.34. The Morgan fingerprint density at radius 3 is 2.74 bits per heavy atom. The van der Waals surface area contributed by atoms with Gasteiger partial charge in [-0.15, -0.1) is 0 Å². The number of hydrogen-bond acceptors (Lipinski definition) is 4. The minimum absolute atomic E-state index is 0.0537. The van der Waals surface area contributed by atoms with E-state index in [1.54, 1.807) is 0 Å². The first-order valence-corrected chi connectivity index (χ1v) is 7.41. The van der Waals surface area contributed by atoms with Gasteiger partial charge in [-0.05, 0) is 43.2 Å². The Labute approximate surface area is 132 Å². The van der Waals surface area contributed by atoms with Gasteiger partial charge in [0.15, 0.2) is 0 Å². The number of aromatic nitrogens is 1. The van der Waals surface area contributed by atoms with Crippen molar-refractivity contribution in [3.8, 4) is 5.69 Å². The molecule has 0 N–H and O–H groups in total. The van der Waals surface area contributed by atoms with Crippen LogP contribution in [0.2, 0.25) is 0 Å². The highest BCUT2D eigenvalue weighted by molar-refractivity contribution is 5.89. The van der Waals surface area contributed by atoms with Crippen molar-refractivity contribution in [2.24, 2.45) is 0 Å². The highest BCUT2D eigenvalue weighted by Gasteiger charge is 2.18. The molecule has 1 unspecified atom stereocenters.